The molecule has 0 aromatic heterocycles. The molecule has 0 spiro atoms. The van der Waals surface area contributed by atoms with Crippen molar-refractivity contribution in [3.8, 4) is 0 Å². The third-order valence-corrected chi connectivity index (χ3v) is 1.98. The molecule has 0 heterocycles. The van der Waals surface area contributed by atoms with E-state index in [1.807, 2.05) is 12.1 Å². The highest BCUT2D eigenvalue weighted by molar-refractivity contribution is 6.30. The van der Waals surface area contributed by atoms with Crippen LogP contribution in [0.4, 0.5) is 0 Å². The highest BCUT2D eigenvalue weighted by Gasteiger charge is 1.96. The number of hydrogen-bond donors (Lipinski definition) is 0. The van der Waals surface area contributed by atoms with E-state index in [0.717, 1.165) is 5.56 Å². The first-order chi connectivity index (χ1) is 6.59. The minimum atomic E-state index is -0.0278. The first-order valence-corrected chi connectivity index (χ1v) is 4.62. The number of rotatable bonds is 2. The number of hydrogen-bond acceptors (Lipinski definition) is 1. The van der Waals surface area contributed by atoms with Crippen molar-refractivity contribution >= 4 is 23.6 Å². The van der Waals surface area contributed by atoms with Gasteiger partial charge in [0.05, 0.1) is 0 Å². The van der Waals surface area contributed by atoms with Crippen LogP contribution in [0, 0.1) is 0 Å². The lowest BCUT2D eigenvalue weighted by atomic mass is 10.2. The second kappa shape index (κ2) is 4.82. The molecule has 74 valence electrons. The Morgan fingerprint density at radius 1 is 1.29 bits per heavy atom. The summed E-state index contributed by atoms with van der Waals surface area (Å²) < 4.78 is 0. The van der Waals surface area contributed by atoms with Crippen LogP contribution in [-0.4, -0.2) is 24.9 Å². The van der Waals surface area contributed by atoms with Crippen molar-refractivity contribution in [1.82, 2.24) is 4.90 Å². The number of carbonyl (C=O) groups excluding carboxylic acids is 1. The number of benzene rings is 1. The van der Waals surface area contributed by atoms with Crippen LogP contribution in [0.25, 0.3) is 6.08 Å². The van der Waals surface area contributed by atoms with Gasteiger partial charge in [0, 0.05) is 25.2 Å². The van der Waals surface area contributed by atoms with Crippen LogP contribution in [0.5, 0.6) is 0 Å². The molecule has 0 bridgehead atoms. The van der Waals surface area contributed by atoms with Gasteiger partial charge in [-0.3, -0.25) is 4.79 Å². The van der Waals surface area contributed by atoms with E-state index in [2.05, 4.69) is 0 Å². The van der Waals surface area contributed by atoms with Crippen LogP contribution in [0.2, 0.25) is 5.02 Å². The van der Waals surface area contributed by atoms with Gasteiger partial charge in [0.1, 0.15) is 0 Å². The Labute approximate surface area is 88.8 Å². The third-order valence-electron chi connectivity index (χ3n) is 1.73. The number of nitrogens with zero attached hydrogens (tertiary/aromatic N) is 1. The van der Waals surface area contributed by atoms with Crippen molar-refractivity contribution in [2.45, 2.75) is 0 Å². The van der Waals surface area contributed by atoms with Crippen molar-refractivity contribution in [2.75, 3.05) is 14.1 Å². The first-order valence-electron chi connectivity index (χ1n) is 4.24. The molecule has 0 atom stereocenters. The number of halogens is 1. The maximum absolute atomic E-state index is 11.2. The number of carbonyl (C=O) groups is 1. The smallest absolute Gasteiger partial charge is 0.246 e. The number of likely N-dealkylation sites (N-methyl/N-ethyl adjacent to an activating group) is 1. The van der Waals surface area contributed by atoms with Crippen molar-refractivity contribution in [3.05, 3.63) is 40.9 Å². The quantitative estimate of drug-likeness (QED) is 0.686. The molecular weight excluding hydrogens is 198 g/mol. The van der Waals surface area contributed by atoms with E-state index >= 15 is 0 Å². The van der Waals surface area contributed by atoms with Gasteiger partial charge in [-0.25, -0.2) is 0 Å². The van der Waals surface area contributed by atoms with E-state index in [1.165, 1.54) is 11.0 Å². The van der Waals surface area contributed by atoms with Crippen molar-refractivity contribution in [1.29, 1.82) is 0 Å². The Kier molecular flexibility index (Phi) is 3.72. The Balaban J connectivity index is 2.69. The molecule has 3 heteroatoms. The monoisotopic (exact) mass is 209 g/mol. The fraction of sp³-hybridized carbons (Fsp3) is 0.182. The molecule has 1 aromatic rings. The molecule has 2 nitrogen and oxygen atoms in total. The summed E-state index contributed by atoms with van der Waals surface area (Å²) >= 11 is 5.73. The largest absolute Gasteiger partial charge is 0.345 e. The highest BCUT2D eigenvalue weighted by Crippen LogP contribution is 2.10. The maximum atomic E-state index is 11.2. The minimum Gasteiger partial charge on any atom is -0.345 e. The van der Waals surface area contributed by atoms with E-state index < -0.39 is 0 Å². The maximum Gasteiger partial charge on any atom is 0.246 e. The summed E-state index contributed by atoms with van der Waals surface area (Å²) in [7, 11) is 3.43. The van der Waals surface area contributed by atoms with Crippen LogP contribution < -0.4 is 0 Å². The zero-order valence-corrected chi connectivity index (χ0v) is 8.95. The van der Waals surface area contributed by atoms with Gasteiger partial charge < -0.3 is 4.90 Å². The third kappa shape index (κ3) is 3.23. The molecule has 0 aliphatic heterocycles. The van der Waals surface area contributed by atoms with Crippen molar-refractivity contribution in [3.63, 3.8) is 0 Å². The molecular formula is C11H12ClNO. The number of amides is 1. The van der Waals surface area contributed by atoms with Crippen LogP contribution in [-0.2, 0) is 4.79 Å². The fourth-order valence-electron chi connectivity index (χ4n) is 0.890. The molecule has 0 N–H and O–H groups in total. The predicted molar refractivity (Wildman–Crippen MR) is 59.2 cm³/mol. The van der Waals surface area contributed by atoms with Gasteiger partial charge in [-0.05, 0) is 23.8 Å². The van der Waals surface area contributed by atoms with E-state index in [-0.39, 0.29) is 5.91 Å². The lowest BCUT2D eigenvalue weighted by Crippen LogP contribution is -2.18. The summed E-state index contributed by atoms with van der Waals surface area (Å²) in [5.41, 5.74) is 0.963. The van der Waals surface area contributed by atoms with Gasteiger partial charge in [-0.15, -0.1) is 0 Å². The summed E-state index contributed by atoms with van der Waals surface area (Å²) in [6.45, 7) is 0. The van der Waals surface area contributed by atoms with Gasteiger partial charge in [0.25, 0.3) is 0 Å². The van der Waals surface area contributed by atoms with Gasteiger partial charge in [0.2, 0.25) is 5.91 Å². The van der Waals surface area contributed by atoms with Crippen LogP contribution in [0.15, 0.2) is 30.3 Å². The van der Waals surface area contributed by atoms with E-state index in [1.54, 1.807) is 32.3 Å². The summed E-state index contributed by atoms with van der Waals surface area (Å²) in [6, 6.07) is 7.31. The van der Waals surface area contributed by atoms with Gasteiger partial charge in [-0.2, -0.15) is 0 Å². The lowest BCUT2D eigenvalue weighted by Gasteiger charge is -2.04. The zero-order chi connectivity index (χ0) is 10.6. The average Bonchev–Trinajstić information content (AvgIpc) is 2.16. The van der Waals surface area contributed by atoms with Gasteiger partial charge in [0.15, 0.2) is 0 Å². The topological polar surface area (TPSA) is 20.3 Å². The Bertz CT molecular complexity index is 341. The molecule has 0 aliphatic rings. The molecule has 0 fully saturated rings. The average molecular weight is 210 g/mol. The van der Waals surface area contributed by atoms with E-state index in [4.69, 9.17) is 11.6 Å². The second-order valence-electron chi connectivity index (χ2n) is 3.12. The minimum absolute atomic E-state index is 0.0278. The van der Waals surface area contributed by atoms with Gasteiger partial charge >= 0.3 is 0 Å². The summed E-state index contributed by atoms with van der Waals surface area (Å²) in [5.74, 6) is -0.0278. The Morgan fingerprint density at radius 2 is 1.86 bits per heavy atom. The fourth-order valence-corrected chi connectivity index (χ4v) is 1.02. The lowest BCUT2D eigenvalue weighted by molar-refractivity contribution is -0.123. The molecule has 1 aromatic carbocycles. The molecule has 0 unspecified atom stereocenters. The SMILES string of the molecule is CN(C)C(=O)C=Cc1ccc(Cl)cc1. The van der Waals surface area contributed by atoms with Crippen molar-refractivity contribution in [2.24, 2.45) is 0 Å². The molecule has 1 rings (SSSR count). The molecule has 1 amide bonds. The second-order valence-corrected chi connectivity index (χ2v) is 3.55. The molecule has 0 saturated carbocycles. The summed E-state index contributed by atoms with van der Waals surface area (Å²) in [6.07, 6.45) is 3.29. The first kappa shape index (κ1) is 10.8. The predicted octanol–water partition coefficient (Wildman–Crippen LogP) is 2.44. The van der Waals surface area contributed by atoms with Crippen LogP contribution in [0.1, 0.15) is 5.56 Å². The standard InChI is InChI=1S/C11H12ClNO/c1-13(2)11(14)8-5-9-3-6-10(12)7-4-9/h3-8H,1-2H3. The summed E-state index contributed by atoms with van der Waals surface area (Å²) in [4.78, 5) is 12.7. The Morgan fingerprint density at radius 3 is 2.36 bits per heavy atom. The van der Waals surface area contributed by atoms with Gasteiger partial charge in [-0.1, -0.05) is 23.7 Å². The Hall–Kier alpha value is -1.28. The normalized spacial score (nSPS) is 10.5. The van der Waals surface area contributed by atoms with E-state index in [9.17, 15) is 4.79 Å². The molecule has 0 aliphatic carbocycles. The zero-order valence-electron chi connectivity index (χ0n) is 8.20. The van der Waals surface area contributed by atoms with Crippen LogP contribution >= 0.6 is 11.6 Å². The molecule has 14 heavy (non-hydrogen) atoms. The molecule has 0 radical (unpaired) electrons. The van der Waals surface area contributed by atoms with Crippen LogP contribution in [0.3, 0.4) is 0 Å². The van der Waals surface area contributed by atoms with E-state index in [0.29, 0.717) is 5.02 Å². The highest BCUT2D eigenvalue weighted by atomic mass is 35.5. The molecule has 0 saturated heterocycles. The summed E-state index contributed by atoms with van der Waals surface area (Å²) in [5, 5.41) is 0.695. The van der Waals surface area contributed by atoms with Crippen molar-refractivity contribution < 1.29 is 4.79 Å².